The summed E-state index contributed by atoms with van der Waals surface area (Å²) < 4.78 is 5.57. The van der Waals surface area contributed by atoms with Gasteiger partial charge < -0.3 is 15.4 Å². The first-order valence-corrected chi connectivity index (χ1v) is 8.16. The van der Waals surface area contributed by atoms with Crippen LogP contribution in [0.3, 0.4) is 0 Å². The first-order chi connectivity index (χ1) is 11.5. The van der Waals surface area contributed by atoms with Crippen molar-refractivity contribution in [1.82, 2.24) is 10.2 Å². The summed E-state index contributed by atoms with van der Waals surface area (Å²) in [5.74, 6) is 1.13. The Bertz CT molecular complexity index is 654. The van der Waals surface area contributed by atoms with Crippen LogP contribution < -0.4 is 15.4 Å². The minimum Gasteiger partial charge on any atom is -0.491 e. The SMILES string of the molecule is CCC(C)Nc1ccc(C(=O)Nc2ccc(OC(C)C)cc2)nn1. The van der Waals surface area contributed by atoms with E-state index in [1.54, 1.807) is 24.3 Å². The van der Waals surface area contributed by atoms with Crippen LogP contribution in [-0.4, -0.2) is 28.3 Å². The van der Waals surface area contributed by atoms with Crippen LogP contribution in [0.1, 0.15) is 44.6 Å². The van der Waals surface area contributed by atoms with Crippen molar-refractivity contribution in [3.63, 3.8) is 0 Å². The number of anilines is 2. The molecule has 1 unspecified atom stereocenters. The van der Waals surface area contributed by atoms with Crippen LogP contribution in [0.15, 0.2) is 36.4 Å². The monoisotopic (exact) mass is 328 g/mol. The number of carbonyl (C=O) groups is 1. The van der Waals surface area contributed by atoms with Gasteiger partial charge in [-0.05, 0) is 63.6 Å². The molecule has 0 radical (unpaired) electrons. The third kappa shape index (κ3) is 5.22. The van der Waals surface area contributed by atoms with Crippen molar-refractivity contribution < 1.29 is 9.53 Å². The fourth-order valence-electron chi connectivity index (χ4n) is 1.97. The molecule has 2 aromatic rings. The van der Waals surface area contributed by atoms with E-state index in [2.05, 4.69) is 34.7 Å². The molecule has 1 amide bonds. The molecular weight excluding hydrogens is 304 g/mol. The molecule has 1 aromatic heterocycles. The highest BCUT2D eigenvalue weighted by Crippen LogP contribution is 2.17. The van der Waals surface area contributed by atoms with Gasteiger partial charge in [-0.15, -0.1) is 10.2 Å². The average molecular weight is 328 g/mol. The second kappa shape index (κ2) is 8.29. The van der Waals surface area contributed by atoms with Gasteiger partial charge in [-0.3, -0.25) is 4.79 Å². The van der Waals surface area contributed by atoms with E-state index >= 15 is 0 Å². The number of nitrogens with one attached hydrogen (secondary N) is 2. The Morgan fingerprint density at radius 2 is 1.79 bits per heavy atom. The molecule has 128 valence electrons. The Kier molecular flexibility index (Phi) is 6.12. The number of carbonyl (C=O) groups excluding carboxylic acids is 1. The van der Waals surface area contributed by atoms with Gasteiger partial charge in [-0.2, -0.15) is 0 Å². The summed E-state index contributed by atoms with van der Waals surface area (Å²) >= 11 is 0. The van der Waals surface area contributed by atoms with Gasteiger partial charge in [-0.1, -0.05) is 6.92 Å². The normalized spacial score (nSPS) is 11.9. The van der Waals surface area contributed by atoms with Crippen molar-refractivity contribution in [3.05, 3.63) is 42.1 Å². The lowest BCUT2D eigenvalue weighted by Gasteiger charge is -2.12. The maximum Gasteiger partial charge on any atom is 0.276 e. The highest BCUT2D eigenvalue weighted by Gasteiger charge is 2.09. The van der Waals surface area contributed by atoms with Crippen LogP contribution in [0.25, 0.3) is 0 Å². The molecule has 0 aliphatic carbocycles. The third-order valence-corrected chi connectivity index (χ3v) is 3.39. The molecular formula is C18H24N4O2. The largest absolute Gasteiger partial charge is 0.491 e. The Morgan fingerprint density at radius 3 is 2.33 bits per heavy atom. The summed E-state index contributed by atoms with van der Waals surface area (Å²) in [6.07, 6.45) is 1.10. The van der Waals surface area contributed by atoms with Crippen molar-refractivity contribution in [2.24, 2.45) is 0 Å². The highest BCUT2D eigenvalue weighted by molar-refractivity contribution is 6.02. The molecule has 0 fully saturated rings. The minimum absolute atomic E-state index is 0.114. The maximum atomic E-state index is 12.2. The summed E-state index contributed by atoms with van der Waals surface area (Å²) in [6.45, 7) is 8.08. The van der Waals surface area contributed by atoms with E-state index in [9.17, 15) is 4.79 Å². The van der Waals surface area contributed by atoms with Crippen molar-refractivity contribution >= 4 is 17.4 Å². The lowest BCUT2D eigenvalue weighted by Crippen LogP contribution is -2.17. The molecule has 0 saturated carbocycles. The van der Waals surface area contributed by atoms with Gasteiger partial charge in [-0.25, -0.2) is 0 Å². The molecule has 24 heavy (non-hydrogen) atoms. The van der Waals surface area contributed by atoms with Crippen LogP contribution >= 0.6 is 0 Å². The molecule has 1 aromatic carbocycles. The van der Waals surface area contributed by atoms with Gasteiger partial charge in [0.05, 0.1) is 6.10 Å². The topological polar surface area (TPSA) is 76.1 Å². The van der Waals surface area contributed by atoms with Gasteiger partial charge in [0.15, 0.2) is 5.69 Å². The zero-order valence-corrected chi connectivity index (χ0v) is 14.5. The van der Waals surface area contributed by atoms with Crippen LogP contribution in [0.5, 0.6) is 5.75 Å². The van der Waals surface area contributed by atoms with E-state index < -0.39 is 0 Å². The van der Waals surface area contributed by atoms with Gasteiger partial charge in [0, 0.05) is 11.7 Å². The summed E-state index contributed by atoms with van der Waals surface area (Å²) in [5, 5.41) is 14.0. The number of benzene rings is 1. The second-order valence-corrected chi connectivity index (χ2v) is 5.90. The standard InChI is InChI=1S/C18H24N4O2/c1-5-13(4)19-17-11-10-16(21-22-17)18(23)20-14-6-8-15(9-7-14)24-12(2)3/h6-13H,5H2,1-4H3,(H,19,22)(H,20,23). The predicted octanol–water partition coefficient (Wildman–Crippen LogP) is 3.73. The molecule has 6 nitrogen and oxygen atoms in total. The molecule has 0 aliphatic rings. The van der Waals surface area contributed by atoms with E-state index in [0.29, 0.717) is 17.5 Å². The van der Waals surface area contributed by atoms with Crippen molar-refractivity contribution in [3.8, 4) is 5.75 Å². The molecule has 1 heterocycles. The van der Waals surface area contributed by atoms with Crippen molar-refractivity contribution in [2.45, 2.75) is 46.3 Å². The lowest BCUT2D eigenvalue weighted by atomic mass is 10.2. The summed E-state index contributed by atoms with van der Waals surface area (Å²) in [7, 11) is 0. The lowest BCUT2D eigenvalue weighted by molar-refractivity contribution is 0.102. The number of ether oxygens (including phenoxy) is 1. The van der Waals surface area contributed by atoms with Gasteiger partial charge >= 0.3 is 0 Å². The average Bonchev–Trinajstić information content (AvgIpc) is 2.56. The van der Waals surface area contributed by atoms with E-state index in [0.717, 1.165) is 12.2 Å². The minimum atomic E-state index is -0.296. The Labute approximate surface area is 142 Å². The van der Waals surface area contributed by atoms with Gasteiger partial charge in [0.2, 0.25) is 0 Å². The quantitative estimate of drug-likeness (QED) is 0.810. The number of rotatable bonds is 7. The predicted molar refractivity (Wildman–Crippen MR) is 95.6 cm³/mol. The summed E-state index contributed by atoms with van der Waals surface area (Å²) in [5.41, 5.74) is 0.951. The van der Waals surface area contributed by atoms with Crippen LogP contribution in [0.2, 0.25) is 0 Å². The molecule has 1 atom stereocenters. The van der Waals surface area contributed by atoms with E-state index in [-0.39, 0.29) is 17.7 Å². The molecule has 6 heteroatoms. The molecule has 0 spiro atoms. The van der Waals surface area contributed by atoms with Gasteiger partial charge in [0.25, 0.3) is 5.91 Å². The fourth-order valence-corrected chi connectivity index (χ4v) is 1.97. The molecule has 2 N–H and O–H groups in total. The van der Waals surface area contributed by atoms with Crippen molar-refractivity contribution in [1.29, 1.82) is 0 Å². The van der Waals surface area contributed by atoms with Gasteiger partial charge in [0.1, 0.15) is 11.6 Å². The molecule has 0 bridgehead atoms. The smallest absolute Gasteiger partial charge is 0.276 e. The zero-order valence-electron chi connectivity index (χ0n) is 14.5. The van der Waals surface area contributed by atoms with Crippen LogP contribution in [0, 0.1) is 0 Å². The molecule has 2 rings (SSSR count). The number of amides is 1. The first kappa shape index (κ1) is 17.7. The Balaban J connectivity index is 1.96. The highest BCUT2D eigenvalue weighted by atomic mass is 16.5. The summed E-state index contributed by atoms with van der Waals surface area (Å²) in [4.78, 5) is 12.2. The fraction of sp³-hybridized carbons (Fsp3) is 0.389. The summed E-state index contributed by atoms with van der Waals surface area (Å²) in [6, 6.07) is 11.0. The Morgan fingerprint density at radius 1 is 1.08 bits per heavy atom. The number of hydrogen-bond donors (Lipinski definition) is 2. The second-order valence-electron chi connectivity index (χ2n) is 5.90. The third-order valence-electron chi connectivity index (χ3n) is 3.39. The van der Waals surface area contributed by atoms with Crippen LogP contribution in [0.4, 0.5) is 11.5 Å². The van der Waals surface area contributed by atoms with Crippen molar-refractivity contribution in [2.75, 3.05) is 10.6 Å². The first-order valence-electron chi connectivity index (χ1n) is 8.16. The maximum absolute atomic E-state index is 12.2. The van der Waals surface area contributed by atoms with Crippen LogP contribution in [-0.2, 0) is 0 Å². The zero-order chi connectivity index (χ0) is 17.5. The molecule has 0 aliphatic heterocycles. The number of hydrogen-bond acceptors (Lipinski definition) is 5. The number of aromatic nitrogens is 2. The van der Waals surface area contributed by atoms with E-state index in [4.69, 9.17) is 4.74 Å². The van der Waals surface area contributed by atoms with E-state index in [1.807, 2.05) is 26.0 Å². The molecule has 0 saturated heterocycles. The van der Waals surface area contributed by atoms with E-state index in [1.165, 1.54) is 0 Å². The Hall–Kier alpha value is -2.63. The number of nitrogens with zero attached hydrogens (tertiary/aromatic N) is 2.